The van der Waals surface area contributed by atoms with Crippen LogP contribution in [-0.2, 0) is 4.79 Å². The lowest BCUT2D eigenvalue weighted by molar-refractivity contribution is -0.139. The summed E-state index contributed by atoms with van der Waals surface area (Å²) in [6, 6.07) is -0.0868. The van der Waals surface area contributed by atoms with E-state index in [2.05, 4.69) is 20.6 Å². The highest BCUT2D eigenvalue weighted by Gasteiger charge is 2.37. The third kappa shape index (κ3) is 4.79. The molecule has 0 unspecified atom stereocenters. The van der Waals surface area contributed by atoms with Gasteiger partial charge in [-0.15, -0.1) is 0 Å². The molecule has 2 amide bonds. The van der Waals surface area contributed by atoms with Crippen LogP contribution in [0.25, 0.3) is 0 Å². The molecule has 2 saturated carbocycles. The fourth-order valence-corrected chi connectivity index (χ4v) is 3.06. The number of aliphatic carboxylic acids is 1. The SMILES string of the molecule is COc1ncncc1NC(=O)NC1CC(N(CC(=O)O)CC2CC2)C1. The first-order valence-electron chi connectivity index (χ1n) is 8.42. The van der Waals surface area contributed by atoms with Gasteiger partial charge in [-0.1, -0.05) is 0 Å². The Morgan fingerprint density at radius 1 is 1.40 bits per heavy atom. The van der Waals surface area contributed by atoms with Crippen LogP contribution in [0.2, 0.25) is 0 Å². The highest BCUT2D eigenvalue weighted by Crippen LogP contribution is 2.33. The summed E-state index contributed by atoms with van der Waals surface area (Å²) in [6.45, 7) is 0.910. The maximum Gasteiger partial charge on any atom is 0.319 e. The topological polar surface area (TPSA) is 117 Å². The second-order valence-corrected chi connectivity index (χ2v) is 6.63. The Balaban J connectivity index is 1.45. The van der Waals surface area contributed by atoms with Crippen LogP contribution >= 0.6 is 0 Å². The number of carbonyl (C=O) groups is 2. The molecule has 25 heavy (non-hydrogen) atoms. The fourth-order valence-electron chi connectivity index (χ4n) is 3.06. The van der Waals surface area contributed by atoms with Crippen molar-refractivity contribution in [1.29, 1.82) is 0 Å². The van der Waals surface area contributed by atoms with Gasteiger partial charge in [-0.25, -0.2) is 9.78 Å². The van der Waals surface area contributed by atoms with E-state index in [-0.39, 0.29) is 24.7 Å². The Morgan fingerprint density at radius 3 is 2.80 bits per heavy atom. The zero-order valence-electron chi connectivity index (χ0n) is 14.1. The van der Waals surface area contributed by atoms with E-state index in [1.807, 2.05) is 4.90 Å². The van der Waals surface area contributed by atoms with Crippen molar-refractivity contribution in [3.63, 3.8) is 0 Å². The van der Waals surface area contributed by atoms with Crippen LogP contribution < -0.4 is 15.4 Å². The van der Waals surface area contributed by atoms with E-state index in [0.717, 1.165) is 19.4 Å². The lowest BCUT2D eigenvalue weighted by atomic mass is 9.85. The molecule has 1 aromatic heterocycles. The number of amides is 2. The molecular weight excluding hydrogens is 326 g/mol. The Hall–Kier alpha value is -2.42. The Kier molecular flexibility index (Phi) is 5.32. The monoisotopic (exact) mass is 349 g/mol. The fraction of sp³-hybridized carbons (Fsp3) is 0.625. The minimum Gasteiger partial charge on any atom is -0.480 e. The van der Waals surface area contributed by atoms with Crippen molar-refractivity contribution >= 4 is 17.7 Å². The van der Waals surface area contributed by atoms with Crippen molar-refractivity contribution in [2.75, 3.05) is 25.5 Å². The molecule has 3 rings (SSSR count). The van der Waals surface area contributed by atoms with Gasteiger partial charge in [0.1, 0.15) is 12.0 Å². The number of carboxylic acid groups (broad SMARTS) is 1. The van der Waals surface area contributed by atoms with Crippen molar-refractivity contribution < 1.29 is 19.4 Å². The molecular formula is C16H23N5O4. The molecule has 1 heterocycles. The number of nitrogens with one attached hydrogen (secondary N) is 2. The Morgan fingerprint density at radius 2 is 2.16 bits per heavy atom. The smallest absolute Gasteiger partial charge is 0.319 e. The summed E-state index contributed by atoms with van der Waals surface area (Å²) in [6.07, 6.45) is 6.71. The van der Waals surface area contributed by atoms with E-state index in [1.165, 1.54) is 32.5 Å². The summed E-state index contributed by atoms with van der Waals surface area (Å²) in [4.78, 5) is 32.9. The zero-order valence-corrected chi connectivity index (χ0v) is 14.1. The summed E-state index contributed by atoms with van der Waals surface area (Å²) in [5.74, 6) is 0.139. The van der Waals surface area contributed by atoms with E-state index >= 15 is 0 Å². The molecule has 0 atom stereocenters. The highest BCUT2D eigenvalue weighted by molar-refractivity contribution is 5.90. The molecule has 0 radical (unpaired) electrons. The summed E-state index contributed by atoms with van der Waals surface area (Å²) in [7, 11) is 1.47. The molecule has 0 saturated heterocycles. The highest BCUT2D eigenvalue weighted by atomic mass is 16.5. The van der Waals surface area contributed by atoms with Gasteiger partial charge in [-0.2, -0.15) is 4.98 Å². The van der Waals surface area contributed by atoms with Crippen molar-refractivity contribution in [2.24, 2.45) is 5.92 Å². The molecule has 2 aliphatic rings. The van der Waals surface area contributed by atoms with Crippen LogP contribution in [0.15, 0.2) is 12.5 Å². The van der Waals surface area contributed by atoms with Gasteiger partial charge in [0, 0.05) is 18.6 Å². The van der Waals surface area contributed by atoms with Crippen molar-refractivity contribution in [3.8, 4) is 5.88 Å². The van der Waals surface area contributed by atoms with Crippen molar-refractivity contribution in [1.82, 2.24) is 20.2 Å². The standard InChI is InChI=1S/C16H23N5O4/c1-25-15-13(6-17-9-18-15)20-16(24)19-11-4-12(5-11)21(8-14(22)23)7-10-2-3-10/h6,9-12H,2-5,7-8H2,1H3,(H,22,23)(H2,19,20,24). The van der Waals surface area contributed by atoms with Crippen LogP contribution in [0.4, 0.5) is 10.5 Å². The molecule has 0 aromatic carbocycles. The summed E-state index contributed by atoms with van der Waals surface area (Å²) in [5, 5.41) is 14.6. The van der Waals surface area contributed by atoms with Crippen LogP contribution in [0.5, 0.6) is 5.88 Å². The largest absolute Gasteiger partial charge is 0.480 e. The minimum absolute atomic E-state index is 0.0381. The molecule has 0 spiro atoms. The molecule has 9 nitrogen and oxygen atoms in total. The van der Waals surface area contributed by atoms with E-state index < -0.39 is 5.97 Å². The summed E-state index contributed by atoms with van der Waals surface area (Å²) < 4.78 is 5.06. The van der Waals surface area contributed by atoms with Crippen LogP contribution in [-0.4, -0.2) is 64.3 Å². The number of nitrogens with zero attached hydrogens (tertiary/aromatic N) is 3. The molecule has 9 heteroatoms. The first-order valence-corrected chi connectivity index (χ1v) is 8.42. The summed E-state index contributed by atoms with van der Waals surface area (Å²) in [5.41, 5.74) is 0.402. The maximum atomic E-state index is 12.1. The van der Waals surface area contributed by atoms with E-state index in [0.29, 0.717) is 17.5 Å². The molecule has 0 aliphatic heterocycles. The molecule has 2 fully saturated rings. The van der Waals surface area contributed by atoms with Crippen molar-refractivity contribution in [2.45, 2.75) is 37.8 Å². The van der Waals surface area contributed by atoms with Gasteiger partial charge >= 0.3 is 12.0 Å². The third-order valence-corrected chi connectivity index (χ3v) is 4.61. The summed E-state index contributed by atoms with van der Waals surface area (Å²) >= 11 is 0. The molecule has 136 valence electrons. The molecule has 0 bridgehead atoms. The average molecular weight is 349 g/mol. The number of hydrogen-bond donors (Lipinski definition) is 3. The van der Waals surface area contributed by atoms with E-state index in [1.54, 1.807) is 0 Å². The number of rotatable bonds is 8. The number of hydrogen-bond acceptors (Lipinski definition) is 6. The average Bonchev–Trinajstić information content (AvgIpc) is 3.34. The first-order chi connectivity index (χ1) is 12.0. The Bertz CT molecular complexity index is 631. The lowest BCUT2D eigenvalue weighted by Gasteiger charge is -2.42. The molecule has 2 aliphatic carbocycles. The number of aromatic nitrogens is 2. The van der Waals surface area contributed by atoms with Gasteiger partial charge < -0.3 is 20.5 Å². The van der Waals surface area contributed by atoms with Gasteiger partial charge in [-0.05, 0) is 31.6 Å². The van der Waals surface area contributed by atoms with Gasteiger partial charge in [0.2, 0.25) is 5.88 Å². The number of carbonyl (C=O) groups excluding carboxylic acids is 1. The maximum absolute atomic E-state index is 12.1. The molecule has 1 aromatic rings. The van der Waals surface area contributed by atoms with E-state index in [9.17, 15) is 9.59 Å². The number of ether oxygens (including phenoxy) is 1. The third-order valence-electron chi connectivity index (χ3n) is 4.61. The quantitative estimate of drug-likeness (QED) is 0.639. The lowest BCUT2D eigenvalue weighted by Crippen LogP contribution is -2.55. The van der Waals surface area contributed by atoms with E-state index in [4.69, 9.17) is 9.84 Å². The normalized spacial score (nSPS) is 22.2. The minimum atomic E-state index is -0.800. The second-order valence-electron chi connectivity index (χ2n) is 6.63. The zero-order chi connectivity index (χ0) is 17.8. The number of urea groups is 1. The Labute approximate surface area is 145 Å². The van der Waals surface area contributed by atoms with Crippen molar-refractivity contribution in [3.05, 3.63) is 12.5 Å². The molecule has 3 N–H and O–H groups in total. The van der Waals surface area contributed by atoms with Gasteiger partial charge in [-0.3, -0.25) is 9.69 Å². The number of carboxylic acids is 1. The van der Waals surface area contributed by atoms with Gasteiger partial charge in [0.15, 0.2) is 0 Å². The first kappa shape index (κ1) is 17.4. The van der Waals surface area contributed by atoms with Crippen LogP contribution in [0, 0.1) is 5.92 Å². The second kappa shape index (κ2) is 7.64. The number of anilines is 1. The van der Waals surface area contributed by atoms with Crippen LogP contribution in [0.3, 0.4) is 0 Å². The number of methoxy groups -OCH3 is 1. The predicted molar refractivity (Wildman–Crippen MR) is 89.5 cm³/mol. The predicted octanol–water partition coefficient (Wildman–Crippen LogP) is 0.934. The van der Waals surface area contributed by atoms with Gasteiger partial charge in [0.25, 0.3) is 0 Å². The van der Waals surface area contributed by atoms with Gasteiger partial charge in [0.05, 0.1) is 19.9 Å². The van der Waals surface area contributed by atoms with Crippen LogP contribution in [0.1, 0.15) is 25.7 Å².